The lowest BCUT2D eigenvalue weighted by Gasteiger charge is -2.34. The summed E-state index contributed by atoms with van der Waals surface area (Å²) in [6, 6.07) is 0. The topological polar surface area (TPSA) is 52.3 Å². The van der Waals surface area contributed by atoms with Gasteiger partial charge in [0.2, 0.25) is 0 Å². The minimum Gasteiger partial charge on any atom is -0.465 e. The van der Waals surface area contributed by atoms with Crippen LogP contribution in [0.15, 0.2) is 0 Å². The fraction of sp³-hybridized carbons (Fsp3) is 0.923. The highest BCUT2D eigenvalue weighted by Crippen LogP contribution is 2.29. The van der Waals surface area contributed by atoms with Crippen molar-refractivity contribution in [2.75, 3.05) is 6.61 Å². The Bertz CT molecular complexity index is 206. The van der Waals surface area contributed by atoms with Crippen molar-refractivity contribution in [2.24, 2.45) is 11.7 Å². The first kappa shape index (κ1) is 15.4. The minimum absolute atomic E-state index is 0.225. The lowest BCUT2D eigenvalue weighted by molar-refractivity contribution is -0.152. The van der Waals surface area contributed by atoms with Crippen LogP contribution < -0.4 is 5.73 Å². The van der Waals surface area contributed by atoms with E-state index in [-0.39, 0.29) is 11.9 Å². The minimum atomic E-state index is -0.782. The van der Waals surface area contributed by atoms with Gasteiger partial charge in [-0.3, -0.25) is 4.79 Å². The van der Waals surface area contributed by atoms with Crippen LogP contribution >= 0.6 is 0 Å². The Balaban J connectivity index is 4.81. The summed E-state index contributed by atoms with van der Waals surface area (Å²) in [7, 11) is 0. The predicted octanol–water partition coefficient (Wildman–Crippen LogP) is 2.87. The molecule has 2 atom stereocenters. The van der Waals surface area contributed by atoms with Gasteiger partial charge in [0.05, 0.1) is 6.61 Å². The summed E-state index contributed by atoms with van der Waals surface area (Å²) in [4.78, 5) is 12.0. The van der Waals surface area contributed by atoms with E-state index in [2.05, 4.69) is 20.8 Å². The summed E-state index contributed by atoms with van der Waals surface area (Å²) >= 11 is 0. The third-order valence-corrected chi connectivity index (χ3v) is 3.18. The molecule has 16 heavy (non-hydrogen) atoms. The van der Waals surface area contributed by atoms with Crippen LogP contribution in [0.4, 0.5) is 0 Å². The van der Waals surface area contributed by atoms with E-state index in [0.717, 1.165) is 25.7 Å². The average molecular weight is 229 g/mol. The number of nitrogens with two attached hydrogens (primary N) is 1. The zero-order valence-electron chi connectivity index (χ0n) is 11.2. The molecule has 0 saturated carbocycles. The molecule has 0 bridgehead atoms. The van der Waals surface area contributed by atoms with Crippen molar-refractivity contribution in [1.29, 1.82) is 0 Å². The van der Waals surface area contributed by atoms with Crippen LogP contribution in [0, 0.1) is 5.92 Å². The van der Waals surface area contributed by atoms with Gasteiger partial charge in [0.25, 0.3) is 0 Å². The molecule has 0 rings (SSSR count). The summed E-state index contributed by atoms with van der Waals surface area (Å²) in [5.41, 5.74) is 5.52. The molecule has 96 valence electrons. The van der Waals surface area contributed by atoms with Gasteiger partial charge in [-0.15, -0.1) is 0 Å². The number of hydrogen-bond acceptors (Lipinski definition) is 3. The molecule has 0 aromatic carbocycles. The van der Waals surface area contributed by atoms with E-state index < -0.39 is 5.54 Å². The number of ether oxygens (including phenoxy) is 1. The van der Waals surface area contributed by atoms with Gasteiger partial charge in [0.1, 0.15) is 5.54 Å². The monoisotopic (exact) mass is 229 g/mol. The summed E-state index contributed by atoms with van der Waals surface area (Å²) in [6.45, 7) is 8.51. The maximum absolute atomic E-state index is 12.0. The van der Waals surface area contributed by atoms with Crippen LogP contribution in [0.3, 0.4) is 0 Å². The Labute approximate surface area is 99.7 Å². The van der Waals surface area contributed by atoms with Gasteiger partial charge in [-0.25, -0.2) is 0 Å². The predicted molar refractivity (Wildman–Crippen MR) is 67.1 cm³/mol. The molecule has 2 N–H and O–H groups in total. The Morgan fingerprint density at radius 2 is 1.88 bits per heavy atom. The Hall–Kier alpha value is -0.570. The number of carbonyl (C=O) groups is 1. The van der Waals surface area contributed by atoms with Gasteiger partial charge in [-0.1, -0.05) is 40.0 Å². The molecule has 0 aliphatic carbocycles. The second-order valence-electron chi connectivity index (χ2n) is 4.40. The van der Waals surface area contributed by atoms with Crippen LogP contribution in [-0.2, 0) is 9.53 Å². The third kappa shape index (κ3) is 3.78. The molecule has 1 unspecified atom stereocenters. The van der Waals surface area contributed by atoms with Crippen molar-refractivity contribution < 1.29 is 9.53 Å². The lowest BCUT2D eigenvalue weighted by atomic mass is 9.77. The quantitative estimate of drug-likeness (QED) is 0.651. The molecule has 0 aliphatic heterocycles. The molecule has 0 aromatic rings. The fourth-order valence-corrected chi connectivity index (χ4v) is 2.33. The van der Waals surface area contributed by atoms with E-state index >= 15 is 0 Å². The average Bonchev–Trinajstić information content (AvgIpc) is 2.26. The highest BCUT2D eigenvalue weighted by molar-refractivity contribution is 5.81. The fourth-order valence-electron chi connectivity index (χ4n) is 2.33. The van der Waals surface area contributed by atoms with Gasteiger partial charge in [-0.2, -0.15) is 0 Å². The van der Waals surface area contributed by atoms with Crippen molar-refractivity contribution in [3.8, 4) is 0 Å². The van der Waals surface area contributed by atoms with Crippen LogP contribution in [-0.4, -0.2) is 18.1 Å². The van der Waals surface area contributed by atoms with Crippen LogP contribution in [0.25, 0.3) is 0 Å². The summed E-state index contributed by atoms with van der Waals surface area (Å²) in [6.07, 6.45) is 4.61. The van der Waals surface area contributed by atoms with E-state index in [4.69, 9.17) is 10.5 Å². The van der Waals surface area contributed by atoms with E-state index in [1.165, 1.54) is 0 Å². The zero-order valence-corrected chi connectivity index (χ0v) is 11.2. The van der Waals surface area contributed by atoms with Crippen molar-refractivity contribution in [1.82, 2.24) is 0 Å². The second kappa shape index (κ2) is 7.66. The van der Waals surface area contributed by atoms with Crippen LogP contribution in [0.2, 0.25) is 0 Å². The zero-order chi connectivity index (χ0) is 12.6. The largest absolute Gasteiger partial charge is 0.465 e. The first-order valence-electron chi connectivity index (χ1n) is 6.52. The highest BCUT2D eigenvalue weighted by Gasteiger charge is 2.41. The van der Waals surface area contributed by atoms with Gasteiger partial charge in [-0.05, 0) is 25.7 Å². The van der Waals surface area contributed by atoms with Gasteiger partial charge < -0.3 is 10.5 Å². The molecule has 0 aromatic heterocycles. The molecule has 3 heteroatoms. The highest BCUT2D eigenvalue weighted by atomic mass is 16.5. The number of carbonyl (C=O) groups excluding carboxylic acids is 1. The first-order valence-corrected chi connectivity index (χ1v) is 6.52. The lowest BCUT2D eigenvalue weighted by Crippen LogP contribution is -2.54. The summed E-state index contributed by atoms with van der Waals surface area (Å²) in [5, 5.41) is 0. The Kier molecular flexibility index (Phi) is 7.39. The van der Waals surface area contributed by atoms with Gasteiger partial charge in [0.15, 0.2) is 0 Å². The van der Waals surface area contributed by atoms with Crippen molar-refractivity contribution in [2.45, 2.75) is 65.3 Å². The van der Waals surface area contributed by atoms with E-state index in [9.17, 15) is 4.79 Å². The molecule has 0 amide bonds. The number of hydrogen-bond donors (Lipinski definition) is 1. The molecule has 0 spiro atoms. The SMILES string of the molecule is CCCC(CC)[C@@](N)(CCC)C(=O)OCC. The van der Waals surface area contributed by atoms with E-state index in [1.54, 1.807) is 0 Å². The third-order valence-electron chi connectivity index (χ3n) is 3.18. The van der Waals surface area contributed by atoms with Crippen LogP contribution in [0.5, 0.6) is 0 Å². The van der Waals surface area contributed by atoms with Gasteiger partial charge >= 0.3 is 5.97 Å². The molecular weight excluding hydrogens is 202 g/mol. The molecule has 0 radical (unpaired) electrons. The summed E-state index contributed by atoms with van der Waals surface area (Å²) in [5.74, 6) is 0.00801. The number of rotatable bonds is 8. The second-order valence-corrected chi connectivity index (χ2v) is 4.40. The molecule has 0 fully saturated rings. The standard InChI is InChI=1S/C13H27NO2/c1-5-9-11(7-3)13(14,10-6-2)12(15)16-8-4/h11H,5-10,14H2,1-4H3/t11?,13-/m0/s1. The van der Waals surface area contributed by atoms with Gasteiger partial charge in [0, 0.05) is 0 Å². The molecule has 3 nitrogen and oxygen atoms in total. The van der Waals surface area contributed by atoms with Crippen LogP contribution in [0.1, 0.15) is 59.8 Å². The first-order chi connectivity index (χ1) is 7.56. The van der Waals surface area contributed by atoms with Crippen molar-refractivity contribution >= 4 is 5.97 Å². The molecule has 0 heterocycles. The Morgan fingerprint density at radius 1 is 1.25 bits per heavy atom. The smallest absolute Gasteiger partial charge is 0.326 e. The van der Waals surface area contributed by atoms with E-state index in [0.29, 0.717) is 13.0 Å². The normalized spacial score (nSPS) is 16.6. The molecule has 0 aliphatic rings. The Morgan fingerprint density at radius 3 is 2.25 bits per heavy atom. The van der Waals surface area contributed by atoms with E-state index in [1.807, 2.05) is 6.92 Å². The summed E-state index contributed by atoms with van der Waals surface area (Å²) < 4.78 is 5.12. The maximum atomic E-state index is 12.0. The van der Waals surface area contributed by atoms with Crippen molar-refractivity contribution in [3.63, 3.8) is 0 Å². The molecular formula is C13H27NO2. The maximum Gasteiger partial charge on any atom is 0.326 e. The molecule has 0 saturated heterocycles. The number of esters is 1. The van der Waals surface area contributed by atoms with Crippen molar-refractivity contribution in [3.05, 3.63) is 0 Å².